The molecule has 2 aromatic rings. The van der Waals surface area contributed by atoms with Gasteiger partial charge in [0.05, 0.1) is 6.10 Å². The van der Waals surface area contributed by atoms with Crippen LogP contribution in [0.3, 0.4) is 0 Å². The third-order valence-electron chi connectivity index (χ3n) is 2.59. The fourth-order valence-electron chi connectivity index (χ4n) is 1.68. The van der Waals surface area contributed by atoms with E-state index in [2.05, 4.69) is 57.9 Å². The van der Waals surface area contributed by atoms with Crippen molar-refractivity contribution in [3.63, 3.8) is 0 Å². The number of aromatic nitrogens is 1. The topological polar surface area (TPSA) is 14.2 Å². The van der Waals surface area contributed by atoms with Crippen LogP contribution in [-0.4, -0.2) is 17.8 Å². The number of ether oxygens (including phenoxy) is 1. The molecule has 3 heteroatoms. The molecule has 0 spiro atoms. The fraction of sp³-hybridized carbons (Fsp3) is 0.333. The maximum Gasteiger partial charge on any atom is 0.0722 e. The number of hydrogen-bond donors (Lipinski definition) is 0. The van der Waals surface area contributed by atoms with E-state index in [1.807, 2.05) is 0 Å². The predicted octanol–water partition coefficient (Wildman–Crippen LogP) is 3.44. The molecule has 15 heavy (non-hydrogen) atoms. The molecule has 0 N–H and O–H groups in total. The maximum absolute atomic E-state index is 5.27. The first-order valence-electron chi connectivity index (χ1n) is 4.98. The first-order chi connectivity index (χ1) is 7.20. The molecule has 1 heterocycles. The highest BCUT2D eigenvalue weighted by molar-refractivity contribution is 9.10. The molecule has 2 nitrogen and oxygen atoms in total. The van der Waals surface area contributed by atoms with Gasteiger partial charge in [0.15, 0.2) is 0 Å². The minimum atomic E-state index is 0.240. The molecule has 0 amide bonds. The molecule has 1 unspecified atom stereocenters. The molecule has 0 aliphatic heterocycles. The highest BCUT2D eigenvalue weighted by atomic mass is 79.9. The number of hydrogen-bond acceptors (Lipinski definition) is 1. The van der Waals surface area contributed by atoms with E-state index >= 15 is 0 Å². The van der Waals surface area contributed by atoms with E-state index < -0.39 is 0 Å². The van der Waals surface area contributed by atoms with Gasteiger partial charge in [-0.1, -0.05) is 15.9 Å². The number of benzene rings is 1. The third-order valence-corrected chi connectivity index (χ3v) is 3.08. The summed E-state index contributed by atoms with van der Waals surface area (Å²) < 4.78 is 8.60. The number of methoxy groups -OCH3 is 1. The van der Waals surface area contributed by atoms with E-state index in [0.29, 0.717) is 0 Å². The van der Waals surface area contributed by atoms with Crippen molar-refractivity contribution in [2.24, 2.45) is 0 Å². The van der Waals surface area contributed by atoms with Gasteiger partial charge in [0.1, 0.15) is 0 Å². The number of rotatable bonds is 3. The molecule has 0 saturated heterocycles. The predicted molar refractivity (Wildman–Crippen MR) is 66.1 cm³/mol. The van der Waals surface area contributed by atoms with Crippen LogP contribution >= 0.6 is 15.9 Å². The van der Waals surface area contributed by atoms with Gasteiger partial charge in [0.25, 0.3) is 0 Å². The summed E-state index contributed by atoms with van der Waals surface area (Å²) in [5.74, 6) is 0. The van der Waals surface area contributed by atoms with Gasteiger partial charge in [-0.25, -0.2) is 0 Å². The summed E-state index contributed by atoms with van der Waals surface area (Å²) in [6, 6.07) is 8.45. The second kappa shape index (κ2) is 4.37. The Balaban J connectivity index is 2.36. The maximum atomic E-state index is 5.27. The van der Waals surface area contributed by atoms with Crippen molar-refractivity contribution < 1.29 is 4.74 Å². The van der Waals surface area contributed by atoms with Crippen molar-refractivity contribution >= 4 is 26.8 Å². The van der Waals surface area contributed by atoms with Crippen molar-refractivity contribution in [2.45, 2.75) is 19.6 Å². The van der Waals surface area contributed by atoms with Crippen LogP contribution in [0, 0.1) is 0 Å². The van der Waals surface area contributed by atoms with Crippen molar-refractivity contribution in [1.82, 2.24) is 4.57 Å². The average molecular weight is 268 g/mol. The Bertz CT molecular complexity index is 464. The Hall–Kier alpha value is -0.800. The molecule has 1 aromatic heterocycles. The van der Waals surface area contributed by atoms with E-state index in [4.69, 9.17) is 4.74 Å². The largest absolute Gasteiger partial charge is 0.380 e. The molecular weight excluding hydrogens is 254 g/mol. The monoisotopic (exact) mass is 267 g/mol. The smallest absolute Gasteiger partial charge is 0.0722 e. The lowest BCUT2D eigenvalue weighted by atomic mass is 10.2. The molecule has 0 fully saturated rings. The van der Waals surface area contributed by atoms with E-state index in [-0.39, 0.29) is 6.10 Å². The zero-order valence-corrected chi connectivity index (χ0v) is 10.5. The van der Waals surface area contributed by atoms with Crippen molar-refractivity contribution in [1.29, 1.82) is 0 Å². The van der Waals surface area contributed by atoms with Gasteiger partial charge in [-0.15, -0.1) is 0 Å². The highest BCUT2D eigenvalue weighted by Gasteiger charge is 2.04. The van der Waals surface area contributed by atoms with Crippen molar-refractivity contribution in [3.05, 3.63) is 34.9 Å². The second-order valence-corrected chi connectivity index (χ2v) is 4.63. The van der Waals surface area contributed by atoms with Gasteiger partial charge in [0.2, 0.25) is 0 Å². The fourth-order valence-corrected chi connectivity index (χ4v) is 2.06. The summed E-state index contributed by atoms with van der Waals surface area (Å²) in [6.45, 7) is 2.96. The molecule has 2 rings (SSSR count). The van der Waals surface area contributed by atoms with Gasteiger partial charge >= 0.3 is 0 Å². The lowest BCUT2D eigenvalue weighted by Crippen LogP contribution is -2.13. The first-order valence-corrected chi connectivity index (χ1v) is 5.77. The molecule has 0 aliphatic rings. The van der Waals surface area contributed by atoms with Gasteiger partial charge in [0, 0.05) is 35.2 Å². The molecule has 1 atom stereocenters. The van der Waals surface area contributed by atoms with E-state index in [1.165, 1.54) is 10.9 Å². The van der Waals surface area contributed by atoms with Crippen LogP contribution in [0.4, 0.5) is 0 Å². The molecule has 0 aliphatic carbocycles. The summed E-state index contributed by atoms with van der Waals surface area (Å²) in [4.78, 5) is 0. The highest BCUT2D eigenvalue weighted by Crippen LogP contribution is 2.21. The molecule has 0 bridgehead atoms. The van der Waals surface area contributed by atoms with Crippen LogP contribution in [0.5, 0.6) is 0 Å². The Morgan fingerprint density at radius 3 is 2.93 bits per heavy atom. The van der Waals surface area contributed by atoms with Gasteiger partial charge in [-0.05, 0) is 31.2 Å². The van der Waals surface area contributed by atoms with Crippen LogP contribution in [0.2, 0.25) is 0 Å². The van der Waals surface area contributed by atoms with Gasteiger partial charge in [-0.2, -0.15) is 0 Å². The standard InChI is InChI=1S/C12H14BrNO/c1-9(15-2)8-14-6-5-10-7-11(13)3-4-12(10)14/h3-7,9H,8H2,1-2H3. The van der Waals surface area contributed by atoms with Crippen LogP contribution in [0.25, 0.3) is 10.9 Å². The SMILES string of the molecule is COC(C)Cn1ccc2cc(Br)ccc21. The van der Waals surface area contributed by atoms with Crippen LogP contribution in [0.1, 0.15) is 6.92 Å². The molecular formula is C12H14BrNO. The zero-order chi connectivity index (χ0) is 10.8. The van der Waals surface area contributed by atoms with Gasteiger partial charge < -0.3 is 9.30 Å². The summed E-state index contributed by atoms with van der Waals surface area (Å²) in [6.07, 6.45) is 2.34. The second-order valence-electron chi connectivity index (χ2n) is 3.72. The summed E-state index contributed by atoms with van der Waals surface area (Å²) >= 11 is 3.47. The molecule has 80 valence electrons. The Morgan fingerprint density at radius 1 is 1.40 bits per heavy atom. The zero-order valence-electron chi connectivity index (χ0n) is 8.90. The number of nitrogens with zero attached hydrogens (tertiary/aromatic N) is 1. The molecule has 1 aromatic carbocycles. The van der Waals surface area contributed by atoms with Crippen molar-refractivity contribution in [2.75, 3.05) is 7.11 Å². The quantitative estimate of drug-likeness (QED) is 0.831. The summed E-state index contributed by atoms with van der Waals surface area (Å²) in [5, 5.41) is 1.26. The van der Waals surface area contributed by atoms with Crippen LogP contribution in [-0.2, 0) is 11.3 Å². The number of halogens is 1. The minimum Gasteiger partial charge on any atom is -0.380 e. The van der Waals surface area contributed by atoms with Gasteiger partial charge in [-0.3, -0.25) is 0 Å². The van der Waals surface area contributed by atoms with Crippen molar-refractivity contribution in [3.8, 4) is 0 Å². The lowest BCUT2D eigenvalue weighted by Gasteiger charge is -2.11. The van der Waals surface area contributed by atoms with Crippen LogP contribution < -0.4 is 0 Å². The van der Waals surface area contributed by atoms with E-state index in [1.54, 1.807) is 7.11 Å². The molecule has 0 radical (unpaired) electrons. The lowest BCUT2D eigenvalue weighted by molar-refractivity contribution is 0.104. The molecule has 0 saturated carbocycles. The Labute approximate surface area is 98.0 Å². The summed E-state index contributed by atoms with van der Waals surface area (Å²) in [5.41, 5.74) is 1.25. The van der Waals surface area contributed by atoms with E-state index in [9.17, 15) is 0 Å². The average Bonchev–Trinajstić information content (AvgIpc) is 2.60. The Morgan fingerprint density at radius 2 is 2.20 bits per heavy atom. The Kier molecular flexibility index (Phi) is 3.12. The first kappa shape index (κ1) is 10.7. The third kappa shape index (κ3) is 2.24. The van der Waals surface area contributed by atoms with Crippen LogP contribution in [0.15, 0.2) is 34.9 Å². The number of fused-ring (bicyclic) bond motifs is 1. The normalized spacial score (nSPS) is 13.3. The minimum absolute atomic E-state index is 0.240. The summed E-state index contributed by atoms with van der Waals surface area (Å²) in [7, 11) is 1.74. The van der Waals surface area contributed by atoms with E-state index in [0.717, 1.165) is 11.0 Å².